The number of halogens is 1. The Labute approximate surface area is 214 Å². The number of fused-ring (bicyclic) bond motifs is 7. The van der Waals surface area contributed by atoms with Crippen LogP contribution in [0.4, 0.5) is 11.4 Å². The van der Waals surface area contributed by atoms with Crippen molar-refractivity contribution in [3.63, 3.8) is 0 Å². The summed E-state index contributed by atoms with van der Waals surface area (Å²) in [5.41, 5.74) is 1.95. The van der Waals surface area contributed by atoms with E-state index in [0.29, 0.717) is 23.8 Å². The van der Waals surface area contributed by atoms with E-state index in [2.05, 4.69) is 4.90 Å². The third kappa shape index (κ3) is 2.69. The highest BCUT2D eigenvalue weighted by Gasteiger charge is 2.75. The van der Waals surface area contributed by atoms with Gasteiger partial charge in [-0.15, -0.1) is 0 Å². The maximum Gasteiger partial charge on any atom is 0.253 e. The summed E-state index contributed by atoms with van der Waals surface area (Å²) in [6, 6.07) is 24.3. The Bertz CT molecular complexity index is 1430. The lowest BCUT2D eigenvalue weighted by atomic mass is 9.75. The number of benzene rings is 3. The summed E-state index contributed by atoms with van der Waals surface area (Å²) in [4.78, 5) is 47.9. The third-order valence-corrected chi connectivity index (χ3v) is 8.63. The topological polar surface area (TPSA) is 60.9 Å². The zero-order valence-corrected chi connectivity index (χ0v) is 20.3. The average molecular weight is 498 g/mol. The fourth-order valence-electron chi connectivity index (χ4n) is 7.13. The van der Waals surface area contributed by atoms with Crippen molar-refractivity contribution in [1.82, 2.24) is 4.90 Å². The molecule has 4 aliphatic heterocycles. The van der Waals surface area contributed by atoms with Crippen LogP contribution in [0.3, 0.4) is 0 Å². The number of para-hydroxylation sites is 1. The van der Waals surface area contributed by atoms with Gasteiger partial charge in [-0.3, -0.25) is 19.3 Å². The van der Waals surface area contributed by atoms with E-state index < -0.39 is 17.4 Å². The lowest BCUT2D eigenvalue weighted by Gasteiger charge is -2.37. The Balaban J connectivity index is 1.40. The van der Waals surface area contributed by atoms with Crippen LogP contribution in [0.15, 0.2) is 78.9 Å². The van der Waals surface area contributed by atoms with Crippen molar-refractivity contribution in [1.29, 1.82) is 0 Å². The maximum absolute atomic E-state index is 14.6. The van der Waals surface area contributed by atoms with Gasteiger partial charge in [-0.25, -0.2) is 4.90 Å². The summed E-state index contributed by atoms with van der Waals surface area (Å²) in [6.45, 7) is 1.10. The number of nitrogens with zero attached hydrogens (tertiary/aromatic N) is 3. The van der Waals surface area contributed by atoms with E-state index in [0.717, 1.165) is 29.7 Å². The summed E-state index contributed by atoms with van der Waals surface area (Å²) in [5.74, 6) is -1.99. The molecule has 1 spiro atoms. The zero-order chi connectivity index (χ0) is 24.6. The highest BCUT2D eigenvalue weighted by atomic mass is 35.5. The first-order valence-corrected chi connectivity index (χ1v) is 12.8. The molecule has 3 amide bonds. The molecule has 7 rings (SSSR count). The molecule has 3 fully saturated rings. The van der Waals surface area contributed by atoms with Gasteiger partial charge >= 0.3 is 0 Å². The van der Waals surface area contributed by atoms with Crippen LogP contribution in [-0.4, -0.2) is 35.2 Å². The summed E-state index contributed by atoms with van der Waals surface area (Å²) in [7, 11) is 0. The normalized spacial score (nSPS) is 28.8. The summed E-state index contributed by atoms with van der Waals surface area (Å²) < 4.78 is 0. The summed E-state index contributed by atoms with van der Waals surface area (Å²) in [6.07, 6.45) is 1.68. The van der Waals surface area contributed by atoms with E-state index in [-0.39, 0.29) is 23.8 Å². The van der Waals surface area contributed by atoms with Crippen LogP contribution in [0.2, 0.25) is 5.02 Å². The van der Waals surface area contributed by atoms with Gasteiger partial charge in [0.15, 0.2) is 0 Å². The van der Waals surface area contributed by atoms with Crippen molar-refractivity contribution in [3.05, 3.63) is 95.0 Å². The van der Waals surface area contributed by atoms with Crippen LogP contribution in [0, 0.1) is 11.8 Å². The lowest BCUT2D eigenvalue weighted by molar-refractivity contribution is -0.137. The standard InChI is InChI=1S/C29H24ClN3O3/c30-19-10-6-11-20(16-19)33-26(34)24-23-14-7-15-32(23)29(25(24)27(33)35)21-12-4-5-13-22(21)31(28(29)36)17-18-8-2-1-3-9-18/h1-6,8-13,16,23-25H,7,14-15,17H2/t23-,24+,25-,29+/m0/s1. The first-order valence-electron chi connectivity index (χ1n) is 12.4. The molecule has 0 N–H and O–H groups in total. The van der Waals surface area contributed by atoms with Gasteiger partial charge in [-0.05, 0) is 49.2 Å². The molecule has 0 saturated carbocycles. The van der Waals surface area contributed by atoms with Gasteiger partial charge in [0.05, 0.1) is 24.1 Å². The SMILES string of the molecule is O=C1[C@H]2[C@@H](C(=O)N1c1cccc(Cl)c1)[C@]1(C(=O)N(Cc3ccccc3)c3ccccc31)N1CCC[C@@H]21. The molecule has 4 heterocycles. The molecule has 3 saturated heterocycles. The number of carbonyl (C=O) groups is 3. The van der Waals surface area contributed by atoms with Crippen molar-refractivity contribution in [2.45, 2.75) is 31.0 Å². The molecule has 0 unspecified atom stereocenters. The van der Waals surface area contributed by atoms with Gasteiger partial charge in [-0.1, -0.05) is 66.2 Å². The minimum Gasteiger partial charge on any atom is -0.306 e. The van der Waals surface area contributed by atoms with Crippen molar-refractivity contribution >= 4 is 40.7 Å². The molecule has 4 atom stereocenters. The highest BCUT2D eigenvalue weighted by Crippen LogP contribution is 2.62. The fourth-order valence-corrected chi connectivity index (χ4v) is 7.32. The van der Waals surface area contributed by atoms with Gasteiger partial charge in [0, 0.05) is 22.3 Å². The Morgan fingerprint density at radius 3 is 2.47 bits per heavy atom. The van der Waals surface area contributed by atoms with Crippen LogP contribution < -0.4 is 9.80 Å². The predicted molar refractivity (Wildman–Crippen MR) is 136 cm³/mol. The lowest BCUT2D eigenvalue weighted by Crippen LogP contribution is -2.55. The molecule has 36 heavy (non-hydrogen) atoms. The number of amides is 3. The van der Waals surface area contributed by atoms with E-state index in [1.165, 1.54) is 4.90 Å². The van der Waals surface area contributed by atoms with Crippen LogP contribution >= 0.6 is 11.6 Å². The number of carbonyl (C=O) groups excluding carboxylic acids is 3. The minimum absolute atomic E-state index is 0.110. The minimum atomic E-state index is -1.18. The zero-order valence-electron chi connectivity index (χ0n) is 19.5. The number of imide groups is 1. The second kappa shape index (κ2) is 7.76. The fraction of sp³-hybridized carbons (Fsp3) is 0.276. The molecule has 0 radical (unpaired) electrons. The average Bonchev–Trinajstić information content (AvgIpc) is 3.59. The highest BCUT2D eigenvalue weighted by molar-refractivity contribution is 6.31. The van der Waals surface area contributed by atoms with Gasteiger partial charge in [-0.2, -0.15) is 0 Å². The van der Waals surface area contributed by atoms with Crippen molar-refractivity contribution < 1.29 is 14.4 Å². The number of rotatable bonds is 3. The molecule has 3 aromatic rings. The smallest absolute Gasteiger partial charge is 0.253 e. The van der Waals surface area contributed by atoms with Gasteiger partial charge in [0.2, 0.25) is 11.8 Å². The van der Waals surface area contributed by atoms with Crippen LogP contribution in [0.25, 0.3) is 0 Å². The largest absolute Gasteiger partial charge is 0.306 e. The molecule has 4 aliphatic rings. The number of hydrogen-bond donors (Lipinski definition) is 0. The van der Waals surface area contributed by atoms with E-state index in [9.17, 15) is 14.4 Å². The van der Waals surface area contributed by atoms with E-state index in [1.807, 2.05) is 59.5 Å². The predicted octanol–water partition coefficient (Wildman–Crippen LogP) is 4.37. The molecular weight excluding hydrogens is 474 g/mol. The number of anilines is 2. The quantitative estimate of drug-likeness (QED) is 0.504. The monoisotopic (exact) mass is 497 g/mol. The van der Waals surface area contributed by atoms with Crippen LogP contribution in [-0.2, 0) is 26.5 Å². The second-order valence-electron chi connectivity index (χ2n) is 10.1. The van der Waals surface area contributed by atoms with Crippen LogP contribution in [0.5, 0.6) is 0 Å². The van der Waals surface area contributed by atoms with Crippen molar-refractivity contribution in [2.75, 3.05) is 16.3 Å². The molecule has 6 nitrogen and oxygen atoms in total. The molecule has 180 valence electrons. The van der Waals surface area contributed by atoms with E-state index >= 15 is 0 Å². The Hall–Kier alpha value is -3.48. The Morgan fingerprint density at radius 2 is 1.67 bits per heavy atom. The van der Waals surface area contributed by atoms with Crippen molar-refractivity contribution in [3.8, 4) is 0 Å². The molecule has 0 aromatic heterocycles. The summed E-state index contributed by atoms with van der Waals surface area (Å²) >= 11 is 6.22. The van der Waals surface area contributed by atoms with Crippen LogP contribution in [0.1, 0.15) is 24.0 Å². The molecule has 0 aliphatic carbocycles. The Kier molecular flexibility index (Phi) is 4.69. The molecular formula is C29H24ClN3O3. The number of hydrogen-bond acceptors (Lipinski definition) is 4. The Morgan fingerprint density at radius 1 is 0.889 bits per heavy atom. The van der Waals surface area contributed by atoms with Gasteiger partial charge in [0.1, 0.15) is 5.54 Å². The third-order valence-electron chi connectivity index (χ3n) is 8.39. The van der Waals surface area contributed by atoms with Crippen molar-refractivity contribution in [2.24, 2.45) is 11.8 Å². The molecule has 0 bridgehead atoms. The first-order chi connectivity index (χ1) is 17.5. The van der Waals surface area contributed by atoms with E-state index in [1.54, 1.807) is 24.3 Å². The van der Waals surface area contributed by atoms with Gasteiger partial charge in [0.25, 0.3) is 5.91 Å². The van der Waals surface area contributed by atoms with Gasteiger partial charge < -0.3 is 4.90 Å². The second-order valence-corrected chi connectivity index (χ2v) is 10.5. The van der Waals surface area contributed by atoms with E-state index in [4.69, 9.17) is 11.6 Å². The molecule has 7 heteroatoms. The first kappa shape index (κ1) is 21.8. The maximum atomic E-state index is 14.6. The molecule has 3 aromatic carbocycles. The summed E-state index contributed by atoms with van der Waals surface area (Å²) in [5, 5.41) is 0.457.